The van der Waals surface area contributed by atoms with E-state index in [1.807, 2.05) is 6.92 Å². The van der Waals surface area contributed by atoms with E-state index in [1.54, 1.807) is 68.4 Å². The standard InChI is InChI=1S/C32H38FN5O6/c1-20-17-38(21(2)19-39)30(40)16-22-15-26(35-31(41)34-24-7-5-23(33)6-8-24)11-14-28(22)44-29(20)18-37(3)32(42)36-25-9-12-27(43-4)13-10-25/h5-15,20-21,29,39H,16-19H2,1-4H3,(H,36,42)(H2,34,35,41)/t20-,21-,29+/m1/s1. The second-order valence-electron chi connectivity index (χ2n) is 10.8. The van der Waals surface area contributed by atoms with Crippen molar-refractivity contribution >= 4 is 35.0 Å². The molecule has 4 rings (SSSR count). The predicted octanol–water partition coefficient (Wildman–Crippen LogP) is 4.79. The number of methoxy groups -OCH3 is 1. The van der Waals surface area contributed by atoms with Gasteiger partial charge in [-0.05, 0) is 73.7 Å². The molecule has 0 aromatic heterocycles. The maximum Gasteiger partial charge on any atom is 0.323 e. The van der Waals surface area contributed by atoms with Crippen LogP contribution in [0.15, 0.2) is 66.7 Å². The van der Waals surface area contributed by atoms with E-state index in [9.17, 15) is 23.9 Å². The van der Waals surface area contributed by atoms with Crippen molar-refractivity contribution in [1.29, 1.82) is 0 Å². The minimum absolute atomic E-state index is 0.0258. The lowest BCUT2D eigenvalue weighted by atomic mass is 10.0. The smallest absolute Gasteiger partial charge is 0.323 e. The number of carbonyl (C=O) groups is 3. The van der Waals surface area contributed by atoms with E-state index in [4.69, 9.17) is 9.47 Å². The summed E-state index contributed by atoms with van der Waals surface area (Å²) in [6.45, 7) is 4.00. The molecule has 3 aromatic rings. The zero-order valence-corrected chi connectivity index (χ0v) is 25.2. The van der Waals surface area contributed by atoms with Crippen molar-refractivity contribution in [2.75, 3.05) is 49.8 Å². The van der Waals surface area contributed by atoms with Crippen LogP contribution in [-0.2, 0) is 11.2 Å². The maximum absolute atomic E-state index is 13.5. The maximum atomic E-state index is 13.5. The van der Waals surface area contributed by atoms with Crippen LogP contribution in [0.4, 0.5) is 31.0 Å². The third kappa shape index (κ3) is 8.38. The quantitative estimate of drug-likeness (QED) is 0.291. The molecule has 12 heteroatoms. The number of nitrogens with zero attached hydrogens (tertiary/aromatic N) is 2. The fraction of sp³-hybridized carbons (Fsp3) is 0.344. The van der Waals surface area contributed by atoms with Gasteiger partial charge in [-0.1, -0.05) is 6.92 Å². The van der Waals surface area contributed by atoms with Crippen LogP contribution in [-0.4, -0.2) is 78.9 Å². The summed E-state index contributed by atoms with van der Waals surface area (Å²) in [5.41, 5.74) is 1.97. The Hall–Kier alpha value is -4.84. The molecule has 0 radical (unpaired) electrons. The van der Waals surface area contributed by atoms with Crippen LogP contribution < -0.4 is 25.4 Å². The SMILES string of the molecule is COc1ccc(NC(=O)N(C)C[C@@H]2Oc3ccc(NC(=O)Nc4ccc(F)cc4)cc3CC(=O)N([C@H](C)CO)C[C@H]2C)cc1. The Kier molecular flexibility index (Phi) is 10.6. The van der Waals surface area contributed by atoms with Crippen molar-refractivity contribution in [3.63, 3.8) is 0 Å². The molecule has 0 saturated heterocycles. The average Bonchev–Trinajstić information content (AvgIpc) is 3.05. The first kappa shape index (κ1) is 32.1. The summed E-state index contributed by atoms with van der Waals surface area (Å²) >= 11 is 0. The summed E-state index contributed by atoms with van der Waals surface area (Å²) in [4.78, 5) is 42.2. The van der Waals surface area contributed by atoms with E-state index in [0.29, 0.717) is 40.7 Å². The van der Waals surface area contributed by atoms with E-state index in [0.717, 1.165) is 0 Å². The summed E-state index contributed by atoms with van der Waals surface area (Å²) < 4.78 is 24.9. The van der Waals surface area contributed by atoms with E-state index < -0.39 is 24.0 Å². The number of halogens is 1. The molecule has 44 heavy (non-hydrogen) atoms. The first-order valence-corrected chi connectivity index (χ1v) is 14.3. The Bertz CT molecular complexity index is 1450. The van der Waals surface area contributed by atoms with E-state index >= 15 is 0 Å². The van der Waals surface area contributed by atoms with Crippen molar-refractivity contribution in [3.05, 3.63) is 78.1 Å². The zero-order valence-electron chi connectivity index (χ0n) is 25.2. The number of hydrogen-bond donors (Lipinski definition) is 4. The number of likely N-dealkylation sites (N-methyl/N-ethyl adjacent to an activating group) is 1. The largest absolute Gasteiger partial charge is 0.497 e. The first-order chi connectivity index (χ1) is 21.1. The van der Waals surface area contributed by atoms with Crippen molar-refractivity contribution < 1.29 is 33.4 Å². The summed E-state index contributed by atoms with van der Waals surface area (Å²) in [6.07, 6.45) is -0.539. The first-order valence-electron chi connectivity index (χ1n) is 14.3. The Labute approximate surface area is 255 Å². The molecular formula is C32H38FN5O6. The second kappa shape index (κ2) is 14.6. The Morgan fingerprint density at radius 3 is 2.32 bits per heavy atom. The predicted molar refractivity (Wildman–Crippen MR) is 166 cm³/mol. The van der Waals surface area contributed by atoms with Crippen molar-refractivity contribution in [3.8, 4) is 11.5 Å². The number of anilines is 3. The van der Waals surface area contributed by atoms with Crippen molar-refractivity contribution in [1.82, 2.24) is 9.80 Å². The van der Waals surface area contributed by atoms with Crippen LogP contribution in [0, 0.1) is 11.7 Å². The molecule has 4 N–H and O–H groups in total. The number of urea groups is 2. The summed E-state index contributed by atoms with van der Waals surface area (Å²) in [5, 5.41) is 18.1. The number of hydrogen-bond acceptors (Lipinski definition) is 6. The van der Waals surface area contributed by atoms with Gasteiger partial charge in [-0.15, -0.1) is 0 Å². The van der Waals surface area contributed by atoms with Crippen LogP contribution in [0.25, 0.3) is 0 Å². The molecule has 1 heterocycles. The third-order valence-corrected chi connectivity index (χ3v) is 7.42. The van der Waals surface area contributed by atoms with Gasteiger partial charge in [0, 0.05) is 42.1 Å². The van der Waals surface area contributed by atoms with E-state index in [1.165, 1.54) is 29.2 Å². The lowest BCUT2D eigenvalue weighted by Crippen LogP contribution is -2.48. The van der Waals surface area contributed by atoms with Gasteiger partial charge in [-0.25, -0.2) is 14.0 Å². The van der Waals surface area contributed by atoms with Crippen molar-refractivity contribution in [2.24, 2.45) is 5.92 Å². The van der Waals surface area contributed by atoms with Gasteiger partial charge in [-0.3, -0.25) is 4.79 Å². The number of fused-ring (bicyclic) bond motifs is 1. The highest BCUT2D eigenvalue weighted by molar-refractivity contribution is 6.00. The Morgan fingerprint density at radius 2 is 1.66 bits per heavy atom. The Morgan fingerprint density at radius 1 is 1.05 bits per heavy atom. The van der Waals surface area contributed by atoms with Gasteiger partial charge in [0.05, 0.1) is 32.7 Å². The molecule has 1 aliphatic rings. The van der Waals surface area contributed by atoms with Crippen LogP contribution >= 0.6 is 0 Å². The molecule has 0 saturated carbocycles. The van der Waals surface area contributed by atoms with Crippen LogP contribution in [0.2, 0.25) is 0 Å². The minimum atomic E-state index is -0.543. The summed E-state index contributed by atoms with van der Waals surface area (Å²) in [6, 6.07) is 16.0. The highest BCUT2D eigenvalue weighted by atomic mass is 19.1. The zero-order chi connectivity index (χ0) is 31.8. The number of ether oxygens (including phenoxy) is 2. The topological polar surface area (TPSA) is 132 Å². The number of benzene rings is 3. The fourth-order valence-electron chi connectivity index (χ4n) is 4.80. The monoisotopic (exact) mass is 607 g/mol. The molecule has 5 amide bonds. The normalized spacial score (nSPS) is 17.1. The average molecular weight is 608 g/mol. The third-order valence-electron chi connectivity index (χ3n) is 7.42. The van der Waals surface area contributed by atoms with Gasteiger partial charge in [0.25, 0.3) is 0 Å². The van der Waals surface area contributed by atoms with E-state index in [2.05, 4.69) is 16.0 Å². The van der Waals surface area contributed by atoms with Gasteiger partial charge in [0.1, 0.15) is 23.4 Å². The van der Waals surface area contributed by atoms with Crippen LogP contribution in [0.1, 0.15) is 19.4 Å². The highest BCUT2D eigenvalue weighted by Crippen LogP contribution is 2.29. The summed E-state index contributed by atoms with van der Waals surface area (Å²) in [7, 11) is 3.23. The lowest BCUT2D eigenvalue weighted by Gasteiger charge is -2.34. The van der Waals surface area contributed by atoms with Gasteiger partial charge >= 0.3 is 12.1 Å². The molecule has 0 unspecified atom stereocenters. The minimum Gasteiger partial charge on any atom is -0.497 e. The molecule has 3 aromatic carbocycles. The lowest BCUT2D eigenvalue weighted by molar-refractivity contribution is -0.134. The second-order valence-corrected chi connectivity index (χ2v) is 10.8. The van der Waals surface area contributed by atoms with E-state index in [-0.39, 0.29) is 37.4 Å². The number of aliphatic hydroxyl groups excluding tert-OH is 1. The number of nitrogens with one attached hydrogen (secondary N) is 3. The van der Waals surface area contributed by atoms with Gasteiger partial charge in [0.2, 0.25) is 5.91 Å². The summed E-state index contributed by atoms with van der Waals surface area (Å²) in [5.74, 6) is 0.282. The number of rotatable bonds is 8. The molecule has 3 atom stereocenters. The van der Waals surface area contributed by atoms with Crippen LogP contribution in [0.3, 0.4) is 0 Å². The molecule has 11 nitrogen and oxygen atoms in total. The molecule has 1 aliphatic heterocycles. The van der Waals surface area contributed by atoms with Crippen molar-refractivity contribution in [2.45, 2.75) is 32.4 Å². The van der Waals surface area contributed by atoms with Gasteiger partial charge in [-0.2, -0.15) is 0 Å². The fourth-order valence-corrected chi connectivity index (χ4v) is 4.80. The van der Waals surface area contributed by atoms with Gasteiger partial charge in [0.15, 0.2) is 0 Å². The van der Waals surface area contributed by atoms with Crippen LogP contribution in [0.5, 0.6) is 11.5 Å². The molecule has 0 spiro atoms. The molecule has 0 bridgehead atoms. The molecule has 234 valence electrons. The molecule has 0 fully saturated rings. The highest BCUT2D eigenvalue weighted by Gasteiger charge is 2.32. The Balaban J connectivity index is 1.54. The molecule has 0 aliphatic carbocycles. The van der Waals surface area contributed by atoms with Gasteiger partial charge < -0.3 is 40.3 Å². The number of amides is 5. The number of aliphatic hydroxyl groups is 1. The number of carbonyl (C=O) groups excluding carboxylic acids is 3. The molecular weight excluding hydrogens is 569 g/mol.